The van der Waals surface area contributed by atoms with E-state index in [0.717, 1.165) is 12.8 Å². The highest BCUT2D eigenvalue weighted by atomic mass is 35.5. The maximum Gasteiger partial charge on any atom is 0.329 e. The zero-order valence-corrected chi connectivity index (χ0v) is 12.5. The fourth-order valence-electron chi connectivity index (χ4n) is 2.19. The van der Waals surface area contributed by atoms with Crippen molar-refractivity contribution >= 4 is 35.1 Å². The monoisotopic (exact) mass is 315 g/mol. The van der Waals surface area contributed by atoms with Crippen molar-refractivity contribution in [3.8, 4) is 0 Å². The molecule has 108 valence electrons. The molecule has 0 heterocycles. The van der Waals surface area contributed by atoms with Crippen molar-refractivity contribution in [3.63, 3.8) is 0 Å². The molecule has 2 rings (SSSR count). The Hall–Kier alpha value is -1.26. The zero-order valence-electron chi connectivity index (χ0n) is 11.0. The van der Waals surface area contributed by atoms with Gasteiger partial charge in [-0.1, -0.05) is 29.3 Å². The van der Waals surface area contributed by atoms with Gasteiger partial charge in [0.15, 0.2) is 0 Å². The van der Waals surface area contributed by atoms with E-state index in [1.54, 1.807) is 25.1 Å². The second-order valence-electron chi connectivity index (χ2n) is 5.21. The molecule has 20 heavy (non-hydrogen) atoms. The summed E-state index contributed by atoms with van der Waals surface area (Å²) in [6.07, 6.45) is 1.60. The van der Waals surface area contributed by atoms with Gasteiger partial charge in [-0.05, 0) is 43.4 Å². The Balaban J connectivity index is 2.11. The predicted molar refractivity (Wildman–Crippen MR) is 77.1 cm³/mol. The molecular weight excluding hydrogens is 301 g/mol. The lowest BCUT2D eigenvalue weighted by atomic mass is 9.95. The van der Waals surface area contributed by atoms with Crippen LogP contribution in [0.25, 0.3) is 0 Å². The fourth-order valence-corrected chi connectivity index (χ4v) is 2.72. The number of carbonyl (C=O) groups is 2. The molecular formula is C14H15Cl2NO3. The van der Waals surface area contributed by atoms with Crippen LogP contribution >= 0.6 is 23.2 Å². The molecule has 0 radical (unpaired) electrons. The number of nitrogens with one attached hydrogen (secondary N) is 1. The molecule has 0 spiro atoms. The first-order valence-electron chi connectivity index (χ1n) is 6.32. The van der Waals surface area contributed by atoms with Crippen molar-refractivity contribution in [1.82, 2.24) is 5.32 Å². The number of hydrogen-bond acceptors (Lipinski definition) is 2. The van der Waals surface area contributed by atoms with Gasteiger partial charge in [0.1, 0.15) is 5.54 Å². The van der Waals surface area contributed by atoms with E-state index in [4.69, 9.17) is 23.2 Å². The molecule has 2 N–H and O–H groups in total. The lowest BCUT2D eigenvalue weighted by molar-refractivity contribution is -0.147. The number of carbonyl (C=O) groups excluding carboxylic acids is 1. The van der Waals surface area contributed by atoms with Gasteiger partial charge in [0, 0.05) is 10.0 Å². The second-order valence-corrected chi connectivity index (χ2v) is 6.02. The van der Waals surface area contributed by atoms with Crippen LogP contribution in [-0.4, -0.2) is 22.5 Å². The zero-order chi connectivity index (χ0) is 14.9. The largest absolute Gasteiger partial charge is 0.480 e. The van der Waals surface area contributed by atoms with E-state index in [-0.39, 0.29) is 12.3 Å². The number of benzene rings is 1. The Morgan fingerprint density at radius 2 is 1.90 bits per heavy atom. The van der Waals surface area contributed by atoms with Crippen LogP contribution in [0.1, 0.15) is 25.3 Å². The Morgan fingerprint density at radius 3 is 2.35 bits per heavy atom. The predicted octanol–water partition coefficient (Wildman–Crippen LogP) is 2.91. The van der Waals surface area contributed by atoms with E-state index in [2.05, 4.69) is 5.32 Å². The first-order chi connectivity index (χ1) is 9.34. The van der Waals surface area contributed by atoms with Crippen LogP contribution in [0.2, 0.25) is 10.0 Å². The van der Waals surface area contributed by atoms with Gasteiger partial charge in [0.2, 0.25) is 5.91 Å². The molecule has 0 bridgehead atoms. The van der Waals surface area contributed by atoms with Crippen LogP contribution in [0.15, 0.2) is 18.2 Å². The third-order valence-electron chi connectivity index (χ3n) is 3.64. The number of rotatable bonds is 5. The molecule has 0 saturated heterocycles. The lowest BCUT2D eigenvalue weighted by Crippen LogP contribution is -2.54. The van der Waals surface area contributed by atoms with E-state index < -0.39 is 17.4 Å². The Morgan fingerprint density at radius 1 is 1.35 bits per heavy atom. The van der Waals surface area contributed by atoms with E-state index in [1.165, 1.54) is 0 Å². The molecule has 0 aromatic heterocycles. The van der Waals surface area contributed by atoms with Gasteiger partial charge in [-0.25, -0.2) is 4.79 Å². The number of carboxylic acids is 1. The van der Waals surface area contributed by atoms with Gasteiger partial charge in [-0.3, -0.25) is 4.79 Å². The van der Waals surface area contributed by atoms with Gasteiger partial charge in [-0.15, -0.1) is 0 Å². The summed E-state index contributed by atoms with van der Waals surface area (Å²) in [7, 11) is 0. The summed E-state index contributed by atoms with van der Waals surface area (Å²) in [5.41, 5.74) is -0.706. The van der Waals surface area contributed by atoms with Crippen molar-refractivity contribution in [3.05, 3.63) is 33.8 Å². The van der Waals surface area contributed by atoms with Gasteiger partial charge in [0.05, 0.1) is 6.42 Å². The summed E-state index contributed by atoms with van der Waals surface area (Å²) < 4.78 is 0. The van der Waals surface area contributed by atoms with Gasteiger partial charge in [0.25, 0.3) is 0 Å². The highest BCUT2D eigenvalue weighted by Gasteiger charge is 2.48. The van der Waals surface area contributed by atoms with Crippen LogP contribution in [0, 0.1) is 5.92 Å². The fraction of sp³-hybridized carbons (Fsp3) is 0.429. The molecule has 1 aliphatic carbocycles. The summed E-state index contributed by atoms with van der Waals surface area (Å²) in [4.78, 5) is 23.4. The molecule has 1 amide bonds. The van der Waals surface area contributed by atoms with Crippen LogP contribution < -0.4 is 5.32 Å². The number of amides is 1. The standard InChI is InChI=1S/C14H15Cl2NO3/c1-14(13(19)20,8-5-6-8)17-12(18)7-9-10(15)3-2-4-11(9)16/h2-4,8H,5-7H2,1H3,(H,17,18)(H,19,20). The first kappa shape index (κ1) is 15.1. The van der Waals surface area contributed by atoms with Crippen molar-refractivity contribution in [2.45, 2.75) is 31.7 Å². The minimum absolute atomic E-state index is 0.00864. The van der Waals surface area contributed by atoms with Crippen LogP contribution in [0.5, 0.6) is 0 Å². The summed E-state index contributed by atoms with van der Waals surface area (Å²) in [5, 5.41) is 12.7. The Labute approximate surface area is 127 Å². The van der Waals surface area contributed by atoms with Crippen molar-refractivity contribution in [2.24, 2.45) is 5.92 Å². The average Bonchev–Trinajstić information content (AvgIpc) is 3.18. The normalized spacial score (nSPS) is 17.4. The van der Waals surface area contributed by atoms with E-state index in [1.807, 2.05) is 0 Å². The number of carboxylic acid groups (broad SMARTS) is 1. The highest BCUT2D eigenvalue weighted by Crippen LogP contribution is 2.39. The maximum absolute atomic E-state index is 12.1. The molecule has 1 atom stereocenters. The highest BCUT2D eigenvalue weighted by molar-refractivity contribution is 6.36. The topological polar surface area (TPSA) is 66.4 Å². The summed E-state index contributed by atoms with van der Waals surface area (Å²) in [6, 6.07) is 4.98. The molecule has 1 saturated carbocycles. The molecule has 1 aromatic carbocycles. The summed E-state index contributed by atoms with van der Waals surface area (Å²) in [5.74, 6) is -1.42. The third kappa shape index (κ3) is 3.07. The number of aliphatic carboxylic acids is 1. The quantitative estimate of drug-likeness (QED) is 0.878. The summed E-state index contributed by atoms with van der Waals surface area (Å²) in [6.45, 7) is 1.54. The van der Waals surface area contributed by atoms with Crippen LogP contribution in [-0.2, 0) is 16.0 Å². The third-order valence-corrected chi connectivity index (χ3v) is 4.34. The van der Waals surface area contributed by atoms with E-state index in [9.17, 15) is 14.7 Å². The van der Waals surface area contributed by atoms with E-state index >= 15 is 0 Å². The smallest absolute Gasteiger partial charge is 0.329 e. The maximum atomic E-state index is 12.1. The molecule has 4 nitrogen and oxygen atoms in total. The molecule has 1 fully saturated rings. The Kier molecular flexibility index (Phi) is 4.25. The van der Waals surface area contributed by atoms with Crippen molar-refractivity contribution in [1.29, 1.82) is 0 Å². The molecule has 1 aromatic rings. The molecule has 1 unspecified atom stereocenters. The van der Waals surface area contributed by atoms with Crippen molar-refractivity contribution in [2.75, 3.05) is 0 Å². The van der Waals surface area contributed by atoms with E-state index in [0.29, 0.717) is 15.6 Å². The minimum Gasteiger partial charge on any atom is -0.480 e. The minimum atomic E-state index is -1.22. The lowest BCUT2D eigenvalue weighted by Gasteiger charge is -2.26. The first-order valence-corrected chi connectivity index (χ1v) is 7.07. The SMILES string of the molecule is CC(NC(=O)Cc1c(Cl)cccc1Cl)(C(=O)O)C1CC1. The molecule has 1 aliphatic rings. The van der Waals surface area contributed by atoms with Gasteiger partial charge < -0.3 is 10.4 Å². The Bertz CT molecular complexity index is 537. The van der Waals surface area contributed by atoms with Gasteiger partial charge >= 0.3 is 5.97 Å². The number of hydrogen-bond donors (Lipinski definition) is 2. The molecule has 6 heteroatoms. The van der Waals surface area contributed by atoms with Crippen LogP contribution in [0.3, 0.4) is 0 Å². The van der Waals surface area contributed by atoms with Crippen molar-refractivity contribution < 1.29 is 14.7 Å². The molecule has 0 aliphatic heterocycles. The second kappa shape index (κ2) is 5.62. The summed E-state index contributed by atoms with van der Waals surface area (Å²) >= 11 is 12.0. The van der Waals surface area contributed by atoms with Gasteiger partial charge in [-0.2, -0.15) is 0 Å². The number of halogens is 2. The average molecular weight is 316 g/mol. The van der Waals surface area contributed by atoms with Crippen LogP contribution in [0.4, 0.5) is 0 Å².